The Hall–Kier alpha value is -3.28. The average molecular weight is 442 g/mol. The number of methoxy groups -OCH3 is 1. The first-order chi connectivity index (χ1) is 14.7. The Labute approximate surface area is 175 Å². The first-order valence-corrected chi connectivity index (χ1v) is 9.21. The molecule has 0 aliphatic carbocycles. The summed E-state index contributed by atoms with van der Waals surface area (Å²) in [6.45, 7) is 0.258. The Morgan fingerprint density at radius 3 is 2.65 bits per heavy atom. The predicted octanol–water partition coefficient (Wildman–Crippen LogP) is 2.80. The largest absolute Gasteiger partial charge is 0.493 e. The number of hydrogen-bond acceptors (Lipinski definition) is 8. The van der Waals surface area contributed by atoms with E-state index in [-0.39, 0.29) is 29.7 Å². The number of ether oxygens (including phenoxy) is 2. The lowest BCUT2D eigenvalue weighted by Crippen LogP contribution is -2.52. The number of hydrogen-bond donors (Lipinski definition) is 1. The highest BCUT2D eigenvalue weighted by Crippen LogP contribution is 2.34. The van der Waals surface area contributed by atoms with Crippen molar-refractivity contribution in [3.05, 3.63) is 36.4 Å². The molecule has 0 radical (unpaired) electrons. The standard InChI is InChI=1S/C19H21F3N4O5/c1-26(2)17(27)18(8-10-30-25-18)7-4-9-29-13-6-5-12(11-14(13)28-3)15-23-16(31-24-15)19(20,21)22/h5-6,8,10-11,25H,4,7,9H2,1-3H3. The summed E-state index contributed by atoms with van der Waals surface area (Å²) in [6.07, 6.45) is -0.718. The number of amides is 1. The van der Waals surface area contributed by atoms with Gasteiger partial charge in [-0.2, -0.15) is 18.2 Å². The molecule has 0 fully saturated rings. The number of likely N-dealkylation sites (N-methyl/N-ethyl adjacent to an activating group) is 1. The van der Waals surface area contributed by atoms with Crippen LogP contribution >= 0.6 is 0 Å². The third kappa shape index (κ3) is 4.90. The highest BCUT2D eigenvalue weighted by Gasteiger charge is 2.40. The molecule has 1 aliphatic heterocycles. The summed E-state index contributed by atoms with van der Waals surface area (Å²) in [6, 6.07) is 4.48. The van der Waals surface area contributed by atoms with Crippen LogP contribution in [0.5, 0.6) is 11.5 Å². The molecule has 9 nitrogen and oxygen atoms in total. The zero-order chi connectivity index (χ0) is 22.6. The summed E-state index contributed by atoms with van der Waals surface area (Å²) < 4.78 is 53.2. The molecule has 2 aromatic rings. The van der Waals surface area contributed by atoms with Crippen molar-refractivity contribution in [1.82, 2.24) is 20.5 Å². The number of halogens is 3. The maximum atomic E-state index is 12.7. The Balaban J connectivity index is 1.64. The van der Waals surface area contributed by atoms with Gasteiger partial charge in [0.05, 0.1) is 13.7 Å². The van der Waals surface area contributed by atoms with Gasteiger partial charge in [0, 0.05) is 19.7 Å². The lowest BCUT2D eigenvalue weighted by atomic mass is 9.93. The van der Waals surface area contributed by atoms with Crippen LogP contribution in [0.2, 0.25) is 0 Å². The summed E-state index contributed by atoms with van der Waals surface area (Å²) in [5, 5.41) is 3.35. The number of nitrogens with one attached hydrogen (secondary N) is 1. The van der Waals surface area contributed by atoms with Gasteiger partial charge in [-0.05, 0) is 37.1 Å². The van der Waals surface area contributed by atoms with Gasteiger partial charge in [0.1, 0.15) is 6.26 Å². The second-order valence-corrected chi connectivity index (χ2v) is 6.93. The molecule has 1 aromatic heterocycles. The number of nitrogens with zero attached hydrogens (tertiary/aromatic N) is 3. The van der Waals surface area contributed by atoms with E-state index in [1.165, 1.54) is 36.5 Å². The lowest BCUT2D eigenvalue weighted by Gasteiger charge is -2.28. The molecule has 0 saturated heterocycles. The molecule has 2 heterocycles. The van der Waals surface area contributed by atoms with E-state index in [4.69, 9.17) is 14.3 Å². The number of carbonyl (C=O) groups excluding carboxylic acids is 1. The Kier molecular flexibility index (Phi) is 6.39. The molecule has 1 atom stereocenters. The van der Waals surface area contributed by atoms with Crippen molar-refractivity contribution >= 4 is 5.91 Å². The smallest absolute Gasteiger partial charge is 0.471 e. The van der Waals surface area contributed by atoms with Gasteiger partial charge < -0.3 is 23.7 Å². The number of rotatable bonds is 8. The van der Waals surface area contributed by atoms with Crippen molar-refractivity contribution < 1.29 is 36.8 Å². The zero-order valence-corrected chi connectivity index (χ0v) is 17.0. The van der Waals surface area contributed by atoms with E-state index in [9.17, 15) is 18.0 Å². The third-order valence-electron chi connectivity index (χ3n) is 4.51. The van der Waals surface area contributed by atoms with Gasteiger partial charge in [0.2, 0.25) is 11.7 Å². The second-order valence-electron chi connectivity index (χ2n) is 6.93. The molecule has 168 valence electrons. The number of aromatic nitrogens is 2. The summed E-state index contributed by atoms with van der Waals surface area (Å²) in [7, 11) is 4.71. The Morgan fingerprint density at radius 2 is 2.06 bits per heavy atom. The van der Waals surface area contributed by atoms with Crippen LogP contribution in [0.25, 0.3) is 11.4 Å². The molecule has 0 spiro atoms. The fourth-order valence-corrected chi connectivity index (χ4v) is 2.99. The molecular weight excluding hydrogens is 421 g/mol. The number of benzene rings is 1. The van der Waals surface area contributed by atoms with Crippen LogP contribution in [-0.2, 0) is 15.8 Å². The molecule has 0 saturated carbocycles. The van der Waals surface area contributed by atoms with E-state index in [0.29, 0.717) is 18.6 Å². The highest BCUT2D eigenvalue weighted by atomic mass is 19.4. The van der Waals surface area contributed by atoms with Crippen molar-refractivity contribution in [3.63, 3.8) is 0 Å². The van der Waals surface area contributed by atoms with E-state index < -0.39 is 17.6 Å². The minimum Gasteiger partial charge on any atom is -0.493 e. The quantitative estimate of drug-likeness (QED) is 0.624. The van der Waals surface area contributed by atoms with Gasteiger partial charge in [0.25, 0.3) is 0 Å². The SMILES string of the molecule is COc1cc(-c2noc(C(F)(F)F)n2)ccc1OCCCC1(C(=O)N(C)C)C=CON1. The van der Waals surface area contributed by atoms with Gasteiger partial charge in [-0.25, -0.2) is 0 Å². The molecule has 1 aromatic carbocycles. The van der Waals surface area contributed by atoms with Crippen LogP contribution in [0.4, 0.5) is 13.2 Å². The van der Waals surface area contributed by atoms with Crippen LogP contribution in [0.3, 0.4) is 0 Å². The maximum Gasteiger partial charge on any atom is 0.471 e. The number of alkyl halides is 3. The number of carbonyl (C=O) groups is 1. The Morgan fingerprint density at radius 1 is 1.29 bits per heavy atom. The first kappa shape index (κ1) is 22.4. The lowest BCUT2D eigenvalue weighted by molar-refractivity contribution is -0.159. The van der Waals surface area contributed by atoms with Crippen LogP contribution < -0.4 is 15.0 Å². The van der Waals surface area contributed by atoms with E-state index in [2.05, 4.69) is 20.1 Å². The van der Waals surface area contributed by atoms with Crippen molar-refractivity contribution in [1.29, 1.82) is 0 Å². The minimum atomic E-state index is -4.72. The topological polar surface area (TPSA) is 99.0 Å². The van der Waals surface area contributed by atoms with E-state index in [0.717, 1.165) is 0 Å². The second kappa shape index (κ2) is 8.84. The van der Waals surface area contributed by atoms with E-state index >= 15 is 0 Å². The summed E-state index contributed by atoms with van der Waals surface area (Å²) >= 11 is 0. The van der Waals surface area contributed by atoms with Gasteiger partial charge in [-0.3, -0.25) is 4.79 Å². The molecule has 1 amide bonds. The molecule has 12 heteroatoms. The Bertz CT molecular complexity index is 960. The van der Waals surface area contributed by atoms with Crippen molar-refractivity contribution in [2.24, 2.45) is 0 Å². The normalized spacial score (nSPS) is 18.0. The monoisotopic (exact) mass is 442 g/mol. The molecule has 1 N–H and O–H groups in total. The molecular formula is C19H21F3N4O5. The van der Waals surface area contributed by atoms with Crippen LogP contribution in [0, 0.1) is 0 Å². The maximum absolute atomic E-state index is 12.7. The summed E-state index contributed by atoms with van der Waals surface area (Å²) in [5.74, 6) is -1.13. The molecule has 3 rings (SSSR count). The average Bonchev–Trinajstić information content (AvgIpc) is 3.41. The molecule has 1 aliphatic rings. The molecule has 31 heavy (non-hydrogen) atoms. The third-order valence-corrected chi connectivity index (χ3v) is 4.51. The van der Waals surface area contributed by atoms with Crippen molar-refractivity contribution in [2.45, 2.75) is 24.6 Å². The number of hydroxylamine groups is 1. The molecule has 1 unspecified atom stereocenters. The van der Waals surface area contributed by atoms with Crippen molar-refractivity contribution in [2.75, 3.05) is 27.8 Å². The van der Waals surface area contributed by atoms with Crippen LogP contribution in [0.1, 0.15) is 18.7 Å². The van der Waals surface area contributed by atoms with Crippen LogP contribution in [0.15, 0.2) is 35.1 Å². The summed E-state index contributed by atoms with van der Waals surface area (Å²) in [4.78, 5) is 22.3. The van der Waals surface area contributed by atoms with Crippen molar-refractivity contribution in [3.8, 4) is 22.9 Å². The predicted molar refractivity (Wildman–Crippen MR) is 101 cm³/mol. The van der Waals surface area contributed by atoms with Gasteiger partial charge in [-0.15, -0.1) is 5.48 Å². The minimum absolute atomic E-state index is 0.151. The van der Waals surface area contributed by atoms with Gasteiger partial charge in [0.15, 0.2) is 17.0 Å². The first-order valence-electron chi connectivity index (χ1n) is 9.21. The van der Waals surface area contributed by atoms with E-state index in [1.807, 2.05) is 0 Å². The fraction of sp³-hybridized carbons (Fsp3) is 0.421. The molecule has 0 bridgehead atoms. The van der Waals surface area contributed by atoms with Gasteiger partial charge >= 0.3 is 12.1 Å². The summed E-state index contributed by atoms with van der Waals surface area (Å²) in [5.41, 5.74) is 2.04. The van der Waals surface area contributed by atoms with Gasteiger partial charge in [-0.1, -0.05) is 5.16 Å². The zero-order valence-electron chi connectivity index (χ0n) is 17.0. The fourth-order valence-electron chi connectivity index (χ4n) is 2.99. The van der Waals surface area contributed by atoms with Crippen LogP contribution in [-0.4, -0.2) is 54.3 Å². The van der Waals surface area contributed by atoms with E-state index in [1.54, 1.807) is 20.2 Å². The highest BCUT2D eigenvalue weighted by molar-refractivity contribution is 5.88.